The molecule has 3 amide bonds. The maximum atomic E-state index is 12.6. The first-order valence-corrected chi connectivity index (χ1v) is 8.72. The van der Waals surface area contributed by atoms with Crippen LogP contribution in [0.25, 0.3) is 0 Å². The van der Waals surface area contributed by atoms with Crippen molar-refractivity contribution in [2.75, 3.05) is 25.0 Å². The van der Waals surface area contributed by atoms with E-state index in [0.717, 1.165) is 12.8 Å². The Kier molecular flexibility index (Phi) is 5.01. The van der Waals surface area contributed by atoms with Gasteiger partial charge in [0.1, 0.15) is 5.75 Å². The fourth-order valence-electron chi connectivity index (χ4n) is 3.95. The second kappa shape index (κ2) is 7.23. The molecular weight excluding hydrogens is 338 g/mol. The summed E-state index contributed by atoms with van der Waals surface area (Å²) in [4.78, 5) is 36.8. The van der Waals surface area contributed by atoms with Gasteiger partial charge in [-0.25, -0.2) is 4.79 Å². The molecule has 2 aliphatic rings. The van der Waals surface area contributed by atoms with E-state index >= 15 is 0 Å². The zero-order valence-electron chi connectivity index (χ0n) is 14.4. The standard InChI is InChI=1S/C18H23N3O5/c19-15(22)7-9-26-14-6-2-1-5-13(14)20-17(25)21-10-12-4-3-8-18(12,11-21)16(23)24/h1-2,5-6,12H,3-4,7-11H2,(H2,19,22)(H,20,25)(H,23,24)/t12-,18+/m0/s1. The number of nitrogens with zero attached hydrogens (tertiary/aromatic N) is 1. The van der Waals surface area contributed by atoms with Crippen molar-refractivity contribution in [1.29, 1.82) is 0 Å². The predicted molar refractivity (Wildman–Crippen MR) is 93.7 cm³/mol. The van der Waals surface area contributed by atoms with Crippen LogP contribution >= 0.6 is 0 Å². The summed E-state index contributed by atoms with van der Waals surface area (Å²) in [7, 11) is 0. The summed E-state index contributed by atoms with van der Waals surface area (Å²) in [5, 5.41) is 12.4. The smallest absolute Gasteiger partial charge is 0.321 e. The Labute approximate surface area is 151 Å². The topological polar surface area (TPSA) is 122 Å². The molecule has 2 atom stereocenters. The van der Waals surface area contributed by atoms with Gasteiger partial charge in [-0.3, -0.25) is 9.59 Å². The molecule has 0 spiro atoms. The Morgan fingerprint density at radius 1 is 1.35 bits per heavy atom. The van der Waals surface area contributed by atoms with Crippen molar-refractivity contribution in [2.24, 2.45) is 17.1 Å². The van der Waals surface area contributed by atoms with E-state index in [2.05, 4.69) is 5.32 Å². The molecule has 140 valence electrons. The van der Waals surface area contributed by atoms with Gasteiger partial charge in [-0.15, -0.1) is 0 Å². The molecule has 8 nitrogen and oxygen atoms in total. The number of likely N-dealkylation sites (tertiary alicyclic amines) is 1. The Morgan fingerprint density at radius 2 is 2.12 bits per heavy atom. The normalized spacial score (nSPS) is 24.2. The number of nitrogens with one attached hydrogen (secondary N) is 1. The quantitative estimate of drug-likeness (QED) is 0.711. The molecule has 0 bridgehead atoms. The number of anilines is 1. The number of hydrogen-bond acceptors (Lipinski definition) is 4. The lowest BCUT2D eigenvalue weighted by Gasteiger charge is -2.23. The summed E-state index contributed by atoms with van der Waals surface area (Å²) in [6.45, 7) is 0.794. The van der Waals surface area contributed by atoms with Gasteiger partial charge in [0.05, 0.1) is 24.1 Å². The minimum Gasteiger partial charge on any atom is -0.491 e. The number of carbonyl (C=O) groups is 3. The molecular formula is C18H23N3O5. The van der Waals surface area contributed by atoms with E-state index in [0.29, 0.717) is 24.4 Å². The van der Waals surface area contributed by atoms with Crippen LogP contribution in [0.3, 0.4) is 0 Å². The SMILES string of the molecule is NC(=O)CCOc1ccccc1NC(=O)N1C[C@@H]2CCC[C@@]2(C(=O)O)C1. The number of carbonyl (C=O) groups excluding carboxylic acids is 2. The summed E-state index contributed by atoms with van der Waals surface area (Å²) in [5.74, 6) is -0.832. The molecule has 1 aromatic rings. The number of fused-ring (bicyclic) bond motifs is 1. The average Bonchev–Trinajstić information content (AvgIpc) is 3.14. The van der Waals surface area contributed by atoms with Gasteiger partial charge in [-0.2, -0.15) is 0 Å². The summed E-state index contributed by atoms with van der Waals surface area (Å²) in [6.07, 6.45) is 2.42. The molecule has 1 aromatic carbocycles. The van der Waals surface area contributed by atoms with Crippen molar-refractivity contribution in [3.8, 4) is 5.75 Å². The number of benzene rings is 1. The summed E-state index contributed by atoms with van der Waals surface area (Å²) >= 11 is 0. The van der Waals surface area contributed by atoms with E-state index in [9.17, 15) is 19.5 Å². The van der Waals surface area contributed by atoms with Crippen LogP contribution in [0.15, 0.2) is 24.3 Å². The van der Waals surface area contributed by atoms with Crippen LogP contribution in [-0.4, -0.2) is 47.6 Å². The first-order chi connectivity index (χ1) is 12.4. The number of aliphatic carboxylic acids is 1. The third-order valence-electron chi connectivity index (χ3n) is 5.32. The second-order valence-corrected chi connectivity index (χ2v) is 6.92. The van der Waals surface area contributed by atoms with Gasteiger partial charge in [0.2, 0.25) is 5.91 Å². The molecule has 4 N–H and O–H groups in total. The van der Waals surface area contributed by atoms with Crippen LogP contribution in [0, 0.1) is 11.3 Å². The number of primary amides is 1. The van der Waals surface area contributed by atoms with Gasteiger partial charge in [0, 0.05) is 13.1 Å². The number of para-hydroxylation sites is 2. The van der Waals surface area contributed by atoms with Crippen LogP contribution in [0.2, 0.25) is 0 Å². The zero-order valence-corrected chi connectivity index (χ0v) is 14.4. The summed E-state index contributed by atoms with van der Waals surface area (Å²) in [6, 6.07) is 6.56. The fraction of sp³-hybridized carbons (Fsp3) is 0.500. The highest BCUT2D eigenvalue weighted by atomic mass is 16.5. The van der Waals surface area contributed by atoms with Crippen molar-refractivity contribution in [3.63, 3.8) is 0 Å². The van der Waals surface area contributed by atoms with E-state index in [1.54, 1.807) is 29.2 Å². The number of rotatable bonds is 6. The van der Waals surface area contributed by atoms with Gasteiger partial charge in [-0.05, 0) is 30.9 Å². The van der Waals surface area contributed by atoms with E-state index in [1.807, 2.05) is 0 Å². The van der Waals surface area contributed by atoms with E-state index < -0.39 is 17.3 Å². The minimum absolute atomic E-state index is 0.00723. The van der Waals surface area contributed by atoms with Crippen LogP contribution in [0.5, 0.6) is 5.75 Å². The lowest BCUT2D eigenvalue weighted by Crippen LogP contribution is -2.38. The molecule has 26 heavy (non-hydrogen) atoms. The third kappa shape index (κ3) is 3.44. The number of carboxylic acid groups (broad SMARTS) is 1. The highest BCUT2D eigenvalue weighted by Crippen LogP contribution is 2.49. The fourth-order valence-corrected chi connectivity index (χ4v) is 3.95. The third-order valence-corrected chi connectivity index (χ3v) is 5.32. The first-order valence-electron chi connectivity index (χ1n) is 8.72. The molecule has 3 rings (SSSR count). The van der Waals surface area contributed by atoms with Crippen molar-refractivity contribution < 1.29 is 24.2 Å². The van der Waals surface area contributed by atoms with Gasteiger partial charge >= 0.3 is 12.0 Å². The Hall–Kier alpha value is -2.77. The van der Waals surface area contributed by atoms with E-state index in [-0.39, 0.29) is 31.5 Å². The minimum atomic E-state index is -0.814. The maximum absolute atomic E-state index is 12.6. The van der Waals surface area contributed by atoms with Crippen LogP contribution < -0.4 is 15.8 Å². The van der Waals surface area contributed by atoms with Crippen molar-refractivity contribution in [1.82, 2.24) is 4.90 Å². The van der Waals surface area contributed by atoms with Gasteiger partial charge in [0.25, 0.3) is 0 Å². The monoisotopic (exact) mass is 361 g/mol. The first kappa shape index (κ1) is 18.0. The molecule has 0 unspecified atom stereocenters. The molecule has 0 radical (unpaired) electrons. The lowest BCUT2D eigenvalue weighted by atomic mass is 9.81. The Bertz CT molecular complexity index is 723. The molecule has 8 heteroatoms. The highest BCUT2D eigenvalue weighted by molar-refractivity contribution is 5.92. The van der Waals surface area contributed by atoms with Gasteiger partial charge in [-0.1, -0.05) is 18.6 Å². The maximum Gasteiger partial charge on any atom is 0.321 e. The number of carboxylic acids is 1. The molecule has 1 saturated heterocycles. The van der Waals surface area contributed by atoms with Crippen molar-refractivity contribution in [2.45, 2.75) is 25.7 Å². The molecule has 1 heterocycles. The zero-order chi connectivity index (χ0) is 18.7. The summed E-state index contributed by atoms with van der Waals surface area (Å²) in [5.41, 5.74) is 4.76. The van der Waals surface area contributed by atoms with Crippen LogP contribution in [0.4, 0.5) is 10.5 Å². The van der Waals surface area contributed by atoms with Crippen molar-refractivity contribution in [3.05, 3.63) is 24.3 Å². The predicted octanol–water partition coefficient (Wildman–Crippen LogP) is 1.66. The second-order valence-electron chi connectivity index (χ2n) is 6.92. The average molecular weight is 361 g/mol. The van der Waals surface area contributed by atoms with Crippen molar-refractivity contribution >= 4 is 23.6 Å². The molecule has 1 aliphatic heterocycles. The number of ether oxygens (including phenoxy) is 1. The lowest BCUT2D eigenvalue weighted by molar-refractivity contribution is -0.149. The van der Waals surface area contributed by atoms with Crippen LogP contribution in [-0.2, 0) is 9.59 Å². The Morgan fingerprint density at radius 3 is 2.81 bits per heavy atom. The highest BCUT2D eigenvalue weighted by Gasteiger charge is 2.55. The summed E-state index contributed by atoms with van der Waals surface area (Å²) < 4.78 is 5.52. The molecule has 1 saturated carbocycles. The van der Waals surface area contributed by atoms with E-state index in [1.165, 1.54) is 0 Å². The number of amides is 3. The molecule has 0 aromatic heterocycles. The molecule has 2 fully saturated rings. The molecule has 1 aliphatic carbocycles. The van der Waals surface area contributed by atoms with Crippen LogP contribution in [0.1, 0.15) is 25.7 Å². The number of hydrogen-bond donors (Lipinski definition) is 3. The van der Waals surface area contributed by atoms with Gasteiger partial charge in [0.15, 0.2) is 0 Å². The van der Waals surface area contributed by atoms with E-state index in [4.69, 9.17) is 10.5 Å². The largest absolute Gasteiger partial charge is 0.491 e. The van der Waals surface area contributed by atoms with Gasteiger partial charge < -0.3 is 25.8 Å². The number of nitrogens with two attached hydrogens (primary N) is 1. The number of urea groups is 1. The Balaban J connectivity index is 1.66.